The quantitative estimate of drug-likeness (QED) is 0.916. The fourth-order valence-electron chi connectivity index (χ4n) is 2.35. The third-order valence-corrected chi connectivity index (χ3v) is 3.48. The van der Waals surface area contributed by atoms with Gasteiger partial charge in [-0.3, -0.25) is 0 Å². The van der Waals surface area contributed by atoms with E-state index < -0.39 is 0 Å². The molecule has 3 rings (SSSR count). The number of nitrogens with one attached hydrogen (secondary N) is 1. The molecule has 1 fully saturated rings. The Morgan fingerprint density at radius 1 is 1.32 bits per heavy atom. The van der Waals surface area contributed by atoms with Crippen molar-refractivity contribution in [1.82, 2.24) is 4.98 Å². The second-order valence-corrected chi connectivity index (χ2v) is 5.10. The van der Waals surface area contributed by atoms with Crippen LogP contribution in [-0.2, 0) is 4.74 Å². The average Bonchev–Trinajstić information content (AvgIpc) is 3.21. The first-order valence-electron chi connectivity index (χ1n) is 7.34. The van der Waals surface area contributed by atoms with E-state index in [1.54, 1.807) is 6.08 Å². The van der Waals surface area contributed by atoms with Crippen molar-refractivity contribution in [2.75, 3.05) is 18.5 Å². The molecule has 0 saturated carbocycles. The molecule has 1 aliphatic heterocycles. The molecule has 2 heterocycles. The third-order valence-electron chi connectivity index (χ3n) is 3.48. The van der Waals surface area contributed by atoms with Crippen molar-refractivity contribution in [2.24, 2.45) is 0 Å². The van der Waals surface area contributed by atoms with Gasteiger partial charge < -0.3 is 14.5 Å². The fourth-order valence-corrected chi connectivity index (χ4v) is 2.35. The normalized spacial score (nSPS) is 17.7. The highest BCUT2D eigenvalue weighted by atomic mass is 16.5. The molecule has 1 saturated heterocycles. The van der Waals surface area contributed by atoms with Crippen molar-refractivity contribution in [3.63, 3.8) is 0 Å². The molecule has 0 radical (unpaired) electrons. The molecule has 22 heavy (non-hydrogen) atoms. The van der Waals surface area contributed by atoms with Crippen LogP contribution in [0.25, 0.3) is 12.2 Å². The van der Waals surface area contributed by atoms with Gasteiger partial charge in [0.1, 0.15) is 6.07 Å². The minimum atomic E-state index is 0.181. The average molecular weight is 295 g/mol. The highest BCUT2D eigenvalue weighted by molar-refractivity contribution is 5.67. The number of nitriles is 1. The first-order chi connectivity index (χ1) is 10.8. The van der Waals surface area contributed by atoms with Crippen molar-refractivity contribution in [2.45, 2.75) is 18.9 Å². The lowest BCUT2D eigenvalue weighted by atomic mass is 10.2. The summed E-state index contributed by atoms with van der Waals surface area (Å²) in [7, 11) is 0. The van der Waals surface area contributed by atoms with Gasteiger partial charge in [0.25, 0.3) is 0 Å². The van der Waals surface area contributed by atoms with Crippen molar-refractivity contribution in [1.29, 1.82) is 5.26 Å². The van der Waals surface area contributed by atoms with Crippen LogP contribution in [0.15, 0.2) is 34.7 Å². The van der Waals surface area contributed by atoms with Crippen molar-refractivity contribution < 1.29 is 9.15 Å². The molecule has 0 aliphatic carbocycles. The molecule has 1 aromatic heterocycles. The van der Waals surface area contributed by atoms with E-state index in [4.69, 9.17) is 14.4 Å². The molecule has 0 amide bonds. The van der Waals surface area contributed by atoms with Crippen LogP contribution in [0, 0.1) is 11.3 Å². The lowest BCUT2D eigenvalue weighted by Gasteiger charge is -2.09. The number of benzene rings is 1. The molecule has 1 aromatic carbocycles. The molecule has 1 aliphatic rings. The molecule has 5 heteroatoms. The topological polar surface area (TPSA) is 71.1 Å². The SMILES string of the molecule is N#Cc1nc(/C=C/c2ccccc2)oc1NCC1CCCO1. The summed E-state index contributed by atoms with van der Waals surface area (Å²) in [5.41, 5.74) is 1.32. The Morgan fingerprint density at radius 2 is 2.18 bits per heavy atom. The Hall–Kier alpha value is -2.58. The van der Waals surface area contributed by atoms with E-state index in [-0.39, 0.29) is 11.8 Å². The predicted octanol–water partition coefficient (Wildman–Crippen LogP) is 3.31. The van der Waals surface area contributed by atoms with Gasteiger partial charge in [-0.05, 0) is 24.5 Å². The molecule has 0 bridgehead atoms. The number of nitrogens with zero attached hydrogens (tertiary/aromatic N) is 2. The lowest BCUT2D eigenvalue weighted by molar-refractivity contribution is 0.120. The number of rotatable bonds is 5. The van der Waals surface area contributed by atoms with Gasteiger partial charge in [-0.2, -0.15) is 10.2 Å². The van der Waals surface area contributed by atoms with E-state index >= 15 is 0 Å². The third kappa shape index (κ3) is 3.54. The molecule has 5 nitrogen and oxygen atoms in total. The maximum Gasteiger partial charge on any atom is 0.232 e. The van der Waals surface area contributed by atoms with E-state index in [0.717, 1.165) is 25.0 Å². The van der Waals surface area contributed by atoms with Crippen LogP contribution in [0.2, 0.25) is 0 Å². The minimum absolute atomic E-state index is 0.181. The van der Waals surface area contributed by atoms with E-state index in [1.807, 2.05) is 42.5 Å². The summed E-state index contributed by atoms with van der Waals surface area (Å²) in [5, 5.41) is 12.3. The van der Waals surface area contributed by atoms with Gasteiger partial charge >= 0.3 is 0 Å². The maximum absolute atomic E-state index is 9.14. The standard InChI is InChI=1S/C17H17N3O2/c18-11-15-17(19-12-14-7-4-10-21-14)22-16(20-15)9-8-13-5-2-1-3-6-13/h1-3,5-6,8-9,14,19H,4,7,10,12H2/b9-8+. The summed E-state index contributed by atoms with van der Waals surface area (Å²) >= 11 is 0. The second-order valence-electron chi connectivity index (χ2n) is 5.10. The zero-order valence-electron chi connectivity index (χ0n) is 12.2. The van der Waals surface area contributed by atoms with Gasteiger partial charge in [0.2, 0.25) is 17.5 Å². The summed E-state index contributed by atoms with van der Waals surface area (Å²) in [4.78, 5) is 4.17. The first kappa shape index (κ1) is 14.4. The largest absolute Gasteiger partial charge is 0.420 e. The van der Waals surface area contributed by atoms with Crippen molar-refractivity contribution >= 4 is 18.0 Å². The first-order valence-corrected chi connectivity index (χ1v) is 7.34. The number of hydrogen-bond acceptors (Lipinski definition) is 5. The Balaban J connectivity index is 1.68. The zero-order chi connectivity index (χ0) is 15.2. The highest BCUT2D eigenvalue weighted by Crippen LogP contribution is 2.20. The monoisotopic (exact) mass is 295 g/mol. The van der Waals surface area contributed by atoms with Crippen LogP contribution in [0.3, 0.4) is 0 Å². The number of anilines is 1. The number of ether oxygens (including phenoxy) is 1. The van der Waals surface area contributed by atoms with Gasteiger partial charge in [-0.15, -0.1) is 0 Å². The number of oxazole rings is 1. The summed E-state index contributed by atoms with van der Waals surface area (Å²) in [5.74, 6) is 0.820. The van der Waals surface area contributed by atoms with E-state index in [1.165, 1.54) is 0 Å². The smallest absolute Gasteiger partial charge is 0.232 e. The molecule has 1 N–H and O–H groups in total. The maximum atomic E-state index is 9.14. The van der Waals surface area contributed by atoms with Crippen LogP contribution in [0.5, 0.6) is 0 Å². The number of aromatic nitrogens is 1. The molecule has 2 aromatic rings. The molecular formula is C17H17N3O2. The summed E-state index contributed by atoms with van der Waals surface area (Å²) in [6.07, 6.45) is 5.95. The van der Waals surface area contributed by atoms with Crippen LogP contribution in [-0.4, -0.2) is 24.2 Å². The van der Waals surface area contributed by atoms with Gasteiger partial charge in [0.15, 0.2) is 0 Å². The second kappa shape index (κ2) is 6.92. The van der Waals surface area contributed by atoms with Crippen LogP contribution in [0.1, 0.15) is 30.0 Å². The molecule has 1 atom stereocenters. The minimum Gasteiger partial charge on any atom is -0.420 e. The van der Waals surface area contributed by atoms with E-state index in [0.29, 0.717) is 18.3 Å². The van der Waals surface area contributed by atoms with E-state index in [2.05, 4.69) is 10.3 Å². The van der Waals surface area contributed by atoms with Crippen LogP contribution >= 0.6 is 0 Å². The van der Waals surface area contributed by atoms with Crippen molar-refractivity contribution in [3.8, 4) is 6.07 Å². The van der Waals surface area contributed by atoms with Gasteiger partial charge in [-0.1, -0.05) is 30.3 Å². The van der Waals surface area contributed by atoms with Crippen molar-refractivity contribution in [3.05, 3.63) is 47.5 Å². The Labute approximate surface area is 129 Å². The predicted molar refractivity (Wildman–Crippen MR) is 84.1 cm³/mol. The summed E-state index contributed by atoms with van der Waals surface area (Å²) in [6, 6.07) is 11.9. The molecular weight excluding hydrogens is 278 g/mol. The van der Waals surface area contributed by atoms with Gasteiger partial charge in [0.05, 0.1) is 6.10 Å². The van der Waals surface area contributed by atoms with E-state index in [9.17, 15) is 0 Å². The van der Waals surface area contributed by atoms with Crippen LogP contribution < -0.4 is 5.32 Å². The summed E-state index contributed by atoms with van der Waals surface area (Å²) < 4.78 is 11.1. The Kier molecular flexibility index (Phi) is 4.52. The molecule has 0 spiro atoms. The fraction of sp³-hybridized carbons (Fsp3) is 0.294. The zero-order valence-corrected chi connectivity index (χ0v) is 12.2. The highest BCUT2D eigenvalue weighted by Gasteiger charge is 2.17. The lowest BCUT2D eigenvalue weighted by Crippen LogP contribution is -2.18. The van der Waals surface area contributed by atoms with Gasteiger partial charge in [-0.25, -0.2) is 0 Å². The molecule has 112 valence electrons. The Bertz CT molecular complexity index is 680. The molecule has 1 unspecified atom stereocenters. The van der Waals surface area contributed by atoms with Gasteiger partial charge in [0, 0.05) is 19.2 Å². The summed E-state index contributed by atoms with van der Waals surface area (Å²) in [6.45, 7) is 1.44. The van der Waals surface area contributed by atoms with Crippen LogP contribution in [0.4, 0.5) is 5.88 Å². The Morgan fingerprint density at radius 3 is 2.91 bits per heavy atom. The number of hydrogen-bond donors (Lipinski definition) is 1.